The van der Waals surface area contributed by atoms with Gasteiger partial charge in [0.05, 0.1) is 23.7 Å². The van der Waals surface area contributed by atoms with Crippen LogP contribution >= 0.6 is 0 Å². The minimum atomic E-state index is -2.22. The van der Waals surface area contributed by atoms with Gasteiger partial charge in [0.15, 0.2) is 23.3 Å². The lowest BCUT2D eigenvalue weighted by Gasteiger charge is -2.09. The summed E-state index contributed by atoms with van der Waals surface area (Å²) in [5.74, 6) is -10.2. The Bertz CT molecular complexity index is 736. The summed E-state index contributed by atoms with van der Waals surface area (Å²) >= 11 is 0. The van der Waals surface area contributed by atoms with Crippen LogP contribution in [-0.2, 0) is 6.42 Å². The number of hydrogen-bond acceptors (Lipinski definition) is 2. The highest BCUT2D eigenvalue weighted by atomic mass is 19.2. The van der Waals surface area contributed by atoms with Crippen molar-refractivity contribution in [2.45, 2.75) is 13.3 Å². The van der Waals surface area contributed by atoms with Gasteiger partial charge in [-0.25, -0.2) is 22.0 Å². The van der Waals surface area contributed by atoms with Gasteiger partial charge >= 0.3 is 0 Å². The zero-order chi connectivity index (χ0) is 15.7. The Labute approximate surface area is 116 Å². The van der Waals surface area contributed by atoms with E-state index in [1.807, 2.05) is 6.07 Å². The third-order valence-corrected chi connectivity index (χ3v) is 2.95. The molecule has 1 aromatic carbocycles. The predicted molar refractivity (Wildman–Crippen MR) is 63.5 cm³/mol. The topological polar surface area (TPSA) is 36.7 Å². The Balaban J connectivity index is 2.74. The van der Waals surface area contributed by atoms with Crippen LogP contribution in [0.2, 0.25) is 0 Å². The number of rotatable bonds is 2. The van der Waals surface area contributed by atoms with Gasteiger partial charge in [-0.15, -0.1) is 0 Å². The number of nitriles is 1. The monoisotopic (exact) mass is 298 g/mol. The van der Waals surface area contributed by atoms with Crippen LogP contribution in [0.15, 0.2) is 12.3 Å². The molecule has 108 valence electrons. The summed E-state index contributed by atoms with van der Waals surface area (Å²) < 4.78 is 66.7. The van der Waals surface area contributed by atoms with Crippen LogP contribution in [0, 0.1) is 47.3 Å². The van der Waals surface area contributed by atoms with Gasteiger partial charge in [-0.3, -0.25) is 4.98 Å². The molecule has 2 rings (SSSR count). The number of halogens is 5. The van der Waals surface area contributed by atoms with E-state index in [0.717, 1.165) is 6.07 Å². The van der Waals surface area contributed by atoms with E-state index in [4.69, 9.17) is 5.26 Å². The van der Waals surface area contributed by atoms with Crippen LogP contribution in [-0.4, -0.2) is 4.98 Å². The minimum absolute atomic E-state index is 0.0727. The van der Waals surface area contributed by atoms with Crippen molar-refractivity contribution in [2.24, 2.45) is 0 Å². The number of aryl methyl sites for hydroxylation is 1. The zero-order valence-corrected chi connectivity index (χ0v) is 10.6. The van der Waals surface area contributed by atoms with Crippen molar-refractivity contribution in [1.29, 1.82) is 5.26 Å². The number of pyridine rings is 1. The highest BCUT2D eigenvalue weighted by molar-refractivity contribution is 5.62. The molecule has 0 amide bonds. The lowest BCUT2D eigenvalue weighted by atomic mass is 10.0. The molecule has 0 aliphatic heterocycles. The van der Waals surface area contributed by atoms with Gasteiger partial charge in [0.25, 0.3) is 0 Å². The fourth-order valence-electron chi connectivity index (χ4n) is 1.81. The van der Waals surface area contributed by atoms with Crippen LogP contribution in [0.3, 0.4) is 0 Å². The van der Waals surface area contributed by atoms with E-state index in [-0.39, 0.29) is 6.42 Å². The molecule has 0 unspecified atom stereocenters. The zero-order valence-electron chi connectivity index (χ0n) is 10.6. The SMILES string of the molecule is Cc1cnc(-c2c(F)c(F)c(F)c(F)c2F)cc1CC#N. The quantitative estimate of drug-likeness (QED) is 0.480. The second-order valence-electron chi connectivity index (χ2n) is 4.28. The molecular weight excluding hydrogens is 291 g/mol. The van der Waals surface area contributed by atoms with Gasteiger partial charge in [0.1, 0.15) is 0 Å². The maximum atomic E-state index is 13.7. The molecule has 0 atom stereocenters. The van der Waals surface area contributed by atoms with Crippen LogP contribution in [0.4, 0.5) is 22.0 Å². The normalized spacial score (nSPS) is 10.5. The lowest BCUT2D eigenvalue weighted by molar-refractivity contribution is 0.381. The fraction of sp³-hybridized carbons (Fsp3) is 0.143. The van der Waals surface area contributed by atoms with Crippen LogP contribution in [0.25, 0.3) is 11.3 Å². The smallest absolute Gasteiger partial charge is 0.200 e. The fourth-order valence-corrected chi connectivity index (χ4v) is 1.81. The first kappa shape index (κ1) is 14.9. The Kier molecular flexibility index (Phi) is 3.89. The van der Waals surface area contributed by atoms with Crippen molar-refractivity contribution in [3.05, 3.63) is 52.5 Å². The van der Waals surface area contributed by atoms with E-state index in [1.54, 1.807) is 6.92 Å². The average Bonchev–Trinajstić information content (AvgIpc) is 2.47. The molecule has 0 fully saturated rings. The molecule has 0 aliphatic rings. The van der Waals surface area contributed by atoms with Gasteiger partial charge in [0, 0.05) is 6.20 Å². The summed E-state index contributed by atoms with van der Waals surface area (Å²) in [5.41, 5.74) is -0.556. The Morgan fingerprint density at radius 1 is 1.00 bits per heavy atom. The Hall–Kier alpha value is -2.49. The van der Waals surface area contributed by atoms with Gasteiger partial charge in [-0.2, -0.15) is 5.26 Å². The molecule has 21 heavy (non-hydrogen) atoms. The molecule has 1 aromatic heterocycles. The van der Waals surface area contributed by atoms with Crippen LogP contribution < -0.4 is 0 Å². The summed E-state index contributed by atoms with van der Waals surface area (Å²) in [6.07, 6.45) is 1.14. The number of benzene rings is 1. The average molecular weight is 298 g/mol. The Morgan fingerprint density at radius 2 is 1.52 bits per heavy atom. The molecule has 0 radical (unpaired) electrons. The summed E-state index contributed by atoms with van der Waals surface area (Å²) in [7, 11) is 0. The molecular formula is C14H7F5N2. The van der Waals surface area contributed by atoms with Gasteiger partial charge in [0.2, 0.25) is 5.82 Å². The van der Waals surface area contributed by atoms with Gasteiger partial charge < -0.3 is 0 Å². The first-order chi connectivity index (χ1) is 9.88. The van der Waals surface area contributed by atoms with Crippen molar-refractivity contribution >= 4 is 0 Å². The molecule has 0 N–H and O–H groups in total. The number of hydrogen-bond donors (Lipinski definition) is 0. The molecule has 2 aromatic rings. The third kappa shape index (κ3) is 2.44. The van der Waals surface area contributed by atoms with Crippen molar-refractivity contribution in [2.75, 3.05) is 0 Å². The molecule has 0 saturated heterocycles. The first-order valence-electron chi connectivity index (χ1n) is 5.72. The van der Waals surface area contributed by atoms with Gasteiger partial charge in [-0.05, 0) is 24.1 Å². The highest BCUT2D eigenvalue weighted by Crippen LogP contribution is 2.31. The van der Waals surface area contributed by atoms with Crippen molar-refractivity contribution in [3.63, 3.8) is 0 Å². The van der Waals surface area contributed by atoms with E-state index in [1.165, 1.54) is 6.20 Å². The molecule has 0 aliphatic carbocycles. The summed E-state index contributed by atoms with van der Waals surface area (Å²) in [6, 6.07) is 2.98. The minimum Gasteiger partial charge on any atom is -0.256 e. The van der Waals surface area contributed by atoms with Crippen molar-refractivity contribution in [3.8, 4) is 17.3 Å². The predicted octanol–water partition coefficient (Wildman–Crippen LogP) is 3.82. The number of nitrogens with zero attached hydrogens (tertiary/aromatic N) is 2. The third-order valence-electron chi connectivity index (χ3n) is 2.95. The summed E-state index contributed by atoms with van der Waals surface area (Å²) in [5, 5.41) is 8.65. The second-order valence-corrected chi connectivity index (χ2v) is 4.28. The van der Waals surface area contributed by atoms with Crippen LogP contribution in [0.1, 0.15) is 11.1 Å². The van der Waals surface area contributed by atoms with E-state index in [2.05, 4.69) is 4.98 Å². The highest BCUT2D eigenvalue weighted by Gasteiger charge is 2.27. The molecule has 0 saturated carbocycles. The molecule has 1 heterocycles. The maximum Gasteiger partial charge on any atom is 0.200 e. The van der Waals surface area contributed by atoms with E-state index < -0.39 is 40.3 Å². The summed E-state index contributed by atoms with van der Waals surface area (Å²) in [6.45, 7) is 1.61. The van der Waals surface area contributed by atoms with Gasteiger partial charge in [-0.1, -0.05) is 0 Å². The molecule has 7 heteroatoms. The number of aromatic nitrogens is 1. The lowest BCUT2D eigenvalue weighted by Crippen LogP contribution is -2.05. The van der Waals surface area contributed by atoms with E-state index in [0.29, 0.717) is 11.1 Å². The Morgan fingerprint density at radius 3 is 2.05 bits per heavy atom. The first-order valence-corrected chi connectivity index (χ1v) is 5.72. The standard InChI is InChI=1S/C14H7F5N2/c1-6-5-21-8(4-7(6)2-3-20)9-10(15)12(17)14(19)13(18)11(9)16/h4-5H,2H2,1H3. The molecule has 0 bridgehead atoms. The maximum absolute atomic E-state index is 13.7. The van der Waals surface area contributed by atoms with E-state index in [9.17, 15) is 22.0 Å². The van der Waals surface area contributed by atoms with Crippen molar-refractivity contribution < 1.29 is 22.0 Å². The second kappa shape index (κ2) is 5.48. The van der Waals surface area contributed by atoms with E-state index >= 15 is 0 Å². The molecule has 2 nitrogen and oxygen atoms in total. The summed E-state index contributed by atoms with van der Waals surface area (Å²) in [4.78, 5) is 3.68. The van der Waals surface area contributed by atoms with Crippen molar-refractivity contribution in [1.82, 2.24) is 4.98 Å². The van der Waals surface area contributed by atoms with Crippen LogP contribution in [0.5, 0.6) is 0 Å². The largest absolute Gasteiger partial charge is 0.256 e. The molecule has 0 spiro atoms.